The van der Waals surface area contributed by atoms with E-state index in [0.717, 1.165) is 28.5 Å². The molecule has 20 heavy (non-hydrogen) atoms. The highest BCUT2D eigenvalue weighted by molar-refractivity contribution is 5.95. The maximum absolute atomic E-state index is 4.65. The molecule has 1 aromatic heterocycles. The highest BCUT2D eigenvalue weighted by Crippen LogP contribution is 2.28. The molecule has 1 heterocycles. The minimum Gasteiger partial charge on any atom is -0.373 e. The van der Waals surface area contributed by atoms with Gasteiger partial charge in [-0.15, -0.1) is 0 Å². The summed E-state index contributed by atoms with van der Waals surface area (Å²) in [5.74, 6) is 1.66. The van der Waals surface area contributed by atoms with Crippen LogP contribution in [0.1, 0.15) is 11.3 Å². The Morgan fingerprint density at radius 2 is 1.65 bits per heavy atom. The average Bonchev–Trinajstić information content (AvgIpc) is 2.49. The van der Waals surface area contributed by atoms with E-state index in [1.165, 1.54) is 10.8 Å². The maximum atomic E-state index is 4.65. The molecule has 0 aliphatic heterocycles. The monoisotopic (exact) mass is 263 g/mol. The van der Waals surface area contributed by atoms with Crippen molar-refractivity contribution in [2.75, 3.05) is 12.4 Å². The van der Waals surface area contributed by atoms with E-state index in [0.29, 0.717) is 0 Å². The molecule has 0 radical (unpaired) electrons. The molecule has 0 unspecified atom stereocenters. The molecule has 0 spiro atoms. The second-order valence-corrected chi connectivity index (χ2v) is 4.88. The van der Waals surface area contributed by atoms with E-state index in [9.17, 15) is 0 Å². The van der Waals surface area contributed by atoms with E-state index in [1.807, 2.05) is 33.0 Å². The average molecular weight is 263 g/mol. The smallest absolute Gasteiger partial charge is 0.162 e. The van der Waals surface area contributed by atoms with Gasteiger partial charge >= 0.3 is 0 Å². The van der Waals surface area contributed by atoms with Crippen LogP contribution in [0.4, 0.5) is 5.82 Å². The number of benzene rings is 2. The summed E-state index contributed by atoms with van der Waals surface area (Å²) >= 11 is 0. The number of rotatable bonds is 2. The minimum absolute atomic E-state index is 0.772. The first-order chi connectivity index (χ1) is 9.70. The van der Waals surface area contributed by atoms with Crippen LogP contribution in [0.25, 0.3) is 22.2 Å². The van der Waals surface area contributed by atoms with Crippen molar-refractivity contribution in [3.63, 3.8) is 0 Å². The van der Waals surface area contributed by atoms with Gasteiger partial charge in [-0.1, -0.05) is 42.5 Å². The van der Waals surface area contributed by atoms with Crippen molar-refractivity contribution in [2.45, 2.75) is 13.8 Å². The quantitative estimate of drug-likeness (QED) is 0.760. The summed E-state index contributed by atoms with van der Waals surface area (Å²) in [7, 11) is 1.89. The molecule has 3 rings (SSSR count). The lowest BCUT2D eigenvalue weighted by atomic mass is 10.0. The third-order valence-corrected chi connectivity index (χ3v) is 3.66. The molecule has 2 aromatic carbocycles. The number of nitrogens with zero attached hydrogens (tertiary/aromatic N) is 2. The molecule has 0 aliphatic rings. The fraction of sp³-hybridized carbons (Fsp3) is 0.176. The van der Waals surface area contributed by atoms with Crippen LogP contribution in [0.2, 0.25) is 0 Å². The Hall–Kier alpha value is -2.42. The number of fused-ring (bicyclic) bond motifs is 1. The van der Waals surface area contributed by atoms with E-state index in [1.54, 1.807) is 0 Å². The first kappa shape index (κ1) is 12.6. The van der Waals surface area contributed by atoms with Crippen molar-refractivity contribution in [3.05, 3.63) is 53.7 Å². The zero-order valence-corrected chi connectivity index (χ0v) is 11.9. The van der Waals surface area contributed by atoms with Crippen molar-refractivity contribution in [1.82, 2.24) is 9.97 Å². The van der Waals surface area contributed by atoms with Gasteiger partial charge in [0.1, 0.15) is 5.82 Å². The van der Waals surface area contributed by atoms with Crippen molar-refractivity contribution in [2.24, 2.45) is 0 Å². The minimum atomic E-state index is 0.772. The van der Waals surface area contributed by atoms with Crippen molar-refractivity contribution >= 4 is 16.6 Å². The molecule has 0 bridgehead atoms. The molecule has 3 aromatic rings. The summed E-state index contributed by atoms with van der Waals surface area (Å²) in [4.78, 5) is 9.30. The van der Waals surface area contributed by atoms with Gasteiger partial charge < -0.3 is 5.32 Å². The predicted molar refractivity (Wildman–Crippen MR) is 84.0 cm³/mol. The van der Waals surface area contributed by atoms with Gasteiger partial charge in [-0.05, 0) is 24.6 Å². The Balaban J connectivity index is 2.28. The molecule has 0 saturated heterocycles. The zero-order valence-electron chi connectivity index (χ0n) is 11.9. The Morgan fingerprint density at radius 1 is 0.900 bits per heavy atom. The summed E-state index contributed by atoms with van der Waals surface area (Å²) in [6, 6.07) is 14.6. The SMILES string of the molecule is CNc1nc(-c2cccc3ccccc23)nc(C)c1C. The summed E-state index contributed by atoms with van der Waals surface area (Å²) in [6.07, 6.45) is 0. The maximum Gasteiger partial charge on any atom is 0.162 e. The molecule has 100 valence electrons. The first-order valence-corrected chi connectivity index (χ1v) is 6.72. The van der Waals surface area contributed by atoms with E-state index in [-0.39, 0.29) is 0 Å². The summed E-state index contributed by atoms with van der Waals surface area (Å²) < 4.78 is 0. The van der Waals surface area contributed by atoms with Crippen molar-refractivity contribution < 1.29 is 0 Å². The van der Waals surface area contributed by atoms with Crippen LogP contribution in [0, 0.1) is 13.8 Å². The lowest BCUT2D eigenvalue weighted by molar-refractivity contribution is 1.07. The topological polar surface area (TPSA) is 37.8 Å². The summed E-state index contributed by atoms with van der Waals surface area (Å²) in [6.45, 7) is 4.06. The molecule has 0 aliphatic carbocycles. The predicted octanol–water partition coefficient (Wildman–Crippen LogP) is 3.96. The molecule has 0 saturated carbocycles. The van der Waals surface area contributed by atoms with Crippen LogP contribution < -0.4 is 5.32 Å². The van der Waals surface area contributed by atoms with Crippen LogP contribution in [-0.2, 0) is 0 Å². The lowest BCUT2D eigenvalue weighted by Gasteiger charge is -2.11. The number of nitrogens with one attached hydrogen (secondary N) is 1. The van der Waals surface area contributed by atoms with Gasteiger partial charge in [-0.3, -0.25) is 0 Å². The normalized spacial score (nSPS) is 10.8. The first-order valence-electron chi connectivity index (χ1n) is 6.72. The van der Waals surface area contributed by atoms with Gasteiger partial charge in [0.05, 0.1) is 0 Å². The second kappa shape index (κ2) is 4.93. The number of aryl methyl sites for hydroxylation is 1. The van der Waals surface area contributed by atoms with Gasteiger partial charge in [0.2, 0.25) is 0 Å². The second-order valence-electron chi connectivity index (χ2n) is 4.88. The van der Waals surface area contributed by atoms with Gasteiger partial charge in [0.15, 0.2) is 5.82 Å². The van der Waals surface area contributed by atoms with Crippen LogP contribution >= 0.6 is 0 Å². The molecule has 3 nitrogen and oxygen atoms in total. The number of hydrogen-bond donors (Lipinski definition) is 1. The number of anilines is 1. The molecule has 0 amide bonds. The van der Waals surface area contributed by atoms with E-state index >= 15 is 0 Å². The lowest BCUT2D eigenvalue weighted by Crippen LogP contribution is -2.02. The van der Waals surface area contributed by atoms with Crippen LogP contribution in [-0.4, -0.2) is 17.0 Å². The van der Waals surface area contributed by atoms with Crippen LogP contribution in [0.15, 0.2) is 42.5 Å². The summed E-state index contributed by atoms with van der Waals surface area (Å²) in [5, 5.41) is 5.53. The van der Waals surface area contributed by atoms with Gasteiger partial charge in [-0.25, -0.2) is 9.97 Å². The van der Waals surface area contributed by atoms with E-state index in [4.69, 9.17) is 0 Å². The summed E-state index contributed by atoms with van der Waals surface area (Å²) in [5.41, 5.74) is 3.17. The van der Waals surface area contributed by atoms with Crippen LogP contribution in [0.3, 0.4) is 0 Å². The number of hydrogen-bond acceptors (Lipinski definition) is 3. The van der Waals surface area contributed by atoms with Crippen molar-refractivity contribution in [1.29, 1.82) is 0 Å². The molecule has 0 fully saturated rings. The number of aromatic nitrogens is 2. The van der Waals surface area contributed by atoms with E-state index < -0.39 is 0 Å². The van der Waals surface area contributed by atoms with Gasteiger partial charge in [0, 0.05) is 23.9 Å². The fourth-order valence-electron chi connectivity index (χ4n) is 2.41. The standard InChI is InChI=1S/C17H17N3/c1-11-12(2)19-17(20-16(11)18-3)15-10-6-8-13-7-4-5-9-14(13)15/h4-10H,1-3H3,(H,18,19,20). The van der Waals surface area contributed by atoms with E-state index in [2.05, 4.69) is 45.6 Å². The third kappa shape index (κ3) is 2.01. The van der Waals surface area contributed by atoms with Crippen LogP contribution in [0.5, 0.6) is 0 Å². The van der Waals surface area contributed by atoms with Gasteiger partial charge in [0.25, 0.3) is 0 Å². The largest absolute Gasteiger partial charge is 0.373 e. The Labute approximate surface area is 118 Å². The zero-order chi connectivity index (χ0) is 14.1. The molecule has 3 heteroatoms. The Morgan fingerprint density at radius 3 is 2.45 bits per heavy atom. The third-order valence-electron chi connectivity index (χ3n) is 3.66. The van der Waals surface area contributed by atoms with Gasteiger partial charge in [-0.2, -0.15) is 0 Å². The fourth-order valence-corrected chi connectivity index (χ4v) is 2.41. The Bertz CT molecular complexity index is 773. The Kier molecular flexibility index (Phi) is 3.11. The molecular weight excluding hydrogens is 246 g/mol. The molecule has 1 N–H and O–H groups in total. The molecule has 0 atom stereocenters. The highest BCUT2D eigenvalue weighted by Gasteiger charge is 2.10. The molecular formula is C17H17N3. The van der Waals surface area contributed by atoms with Crippen molar-refractivity contribution in [3.8, 4) is 11.4 Å². The highest BCUT2D eigenvalue weighted by atomic mass is 15.0.